The number of carbonyl (C=O) groups is 1. The molecule has 0 aliphatic rings. The summed E-state index contributed by atoms with van der Waals surface area (Å²) in [4.78, 5) is 12.4. The van der Waals surface area contributed by atoms with Gasteiger partial charge in [0.15, 0.2) is 0 Å². The highest BCUT2D eigenvalue weighted by atomic mass is 32.2. The summed E-state index contributed by atoms with van der Waals surface area (Å²) < 4.78 is 4.89. The molecule has 0 aromatic heterocycles. The Morgan fingerprint density at radius 1 is 1.56 bits per heavy atom. The number of carbonyl (C=O) groups excluding carboxylic acids is 1. The van der Waals surface area contributed by atoms with Gasteiger partial charge in [0.2, 0.25) is 0 Å². The van der Waals surface area contributed by atoms with Gasteiger partial charge in [-0.25, -0.2) is 4.79 Å². The molecule has 88 valence electrons. The summed E-state index contributed by atoms with van der Waals surface area (Å²) in [5, 5.41) is 8.71. The molecule has 0 spiro atoms. The van der Waals surface area contributed by atoms with E-state index in [0.29, 0.717) is 23.6 Å². The molecular weight excluding hydrogens is 226 g/mol. The van der Waals surface area contributed by atoms with Crippen LogP contribution in [-0.2, 0) is 4.74 Å². The van der Waals surface area contributed by atoms with Crippen molar-refractivity contribution in [3.63, 3.8) is 0 Å². The van der Waals surface area contributed by atoms with Gasteiger partial charge in [-0.2, -0.15) is 0 Å². The lowest BCUT2D eigenvalue weighted by Crippen LogP contribution is -2.08. The lowest BCUT2D eigenvalue weighted by molar-refractivity contribution is 0.0527. The van der Waals surface area contributed by atoms with E-state index in [1.54, 1.807) is 19.1 Å². The molecule has 0 radical (unpaired) electrons. The second-order valence-corrected chi connectivity index (χ2v) is 4.21. The van der Waals surface area contributed by atoms with E-state index in [2.05, 4.69) is 0 Å². The van der Waals surface area contributed by atoms with Gasteiger partial charge in [-0.15, -0.1) is 11.8 Å². The summed E-state index contributed by atoms with van der Waals surface area (Å²) in [7, 11) is 0. The molecule has 1 rings (SSSR count). The van der Waals surface area contributed by atoms with Gasteiger partial charge in [0.1, 0.15) is 0 Å². The van der Waals surface area contributed by atoms with Gasteiger partial charge in [0.25, 0.3) is 0 Å². The Morgan fingerprint density at radius 3 is 2.94 bits per heavy atom. The lowest BCUT2D eigenvalue weighted by Gasteiger charge is -2.07. The number of ether oxygens (including phenoxy) is 1. The third kappa shape index (κ3) is 3.43. The standard InChI is InChI=1S/C11H15NO3S/c1-2-15-11(14)9-7-8(16-6-5-13)3-4-10(9)12/h3-4,7,13H,2,5-6,12H2,1H3. The van der Waals surface area contributed by atoms with Crippen LogP contribution in [0.5, 0.6) is 0 Å². The summed E-state index contributed by atoms with van der Waals surface area (Å²) in [6, 6.07) is 5.18. The molecule has 0 aliphatic heterocycles. The number of aliphatic hydroxyl groups is 1. The van der Waals surface area contributed by atoms with Crippen molar-refractivity contribution in [2.45, 2.75) is 11.8 Å². The number of thioether (sulfide) groups is 1. The normalized spacial score (nSPS) is 10.1. The third-order valence-corrected chi connectivity index (χ3v) is 2.85. The van der Waals surface area contributed by atoms with Crippen LogP contribution in [0.4, 0.5) is 5.69 Å². The van der Waals surface area contributed by atoms with Crippen LogP contribution in [0.15, 0.2) is 23.1 Å². The average molecular weight is 241 g/mol. The number of esters is 1. The average Bonchev–Trinajstić information content (AvgIpc) is 2.28. The predicted octanol–water partition coefficient (Wildman–Crippen LogP) is 1.53. The van der Waals surface area contributed by atoms with E-state index in [1.807, 2.05) is 6.07 Å². The predicted molar refractivity (Wildman–Crippen MR) is 64.6 cm³/mol. The molecule has 0 saturated carbocycles. The van der Waals surface area contributed by atoms with Gasteiger partial charge in [0, 0.05) is 16.3 Å². The molecule has 0 fully saturated rings. The highest BCUT2D eigenvalue weighted by molar-refractivity contribution is 7.99. The Balaban J connectivity index is 2.85. The first-order valence-electron chi connectivity index (χ1n) is 4.99. The number of hydrogen-bond donors (Lipinski definition) is 2. The van der Waals surface area contributed by atoms with Crippen LogP contribution in [-0.4, -0.2) is 30.0 Å². The minimum Gasteiger partial charge on any atom is -0.462 e. The summed E-state index contributed by atoms with van der Waals surface area (Å²) in [5.74, 6) is 0.179. The SMILES string of the molecule is CCOC(=O)c1cc(SCCO)ccc1N. The summed E-state index contributed by atoms with van der Waals surface area (Å²) >= 11 is 1.47. The molecule has 0 heterocycles. The van der Waals surface area contributed by atoms with Crippen molar-refractivity contribution in [1.29, 1.82) is 0 Å². The zero-order valence-electron chi connectivity index (χ0n) is 9.10. The minimum absolute atomic E-state index is 0.101. The quantitative estimate of drug-likeness (QED) is 0.464. The fourth-order valence-corrected chi connectivity index (χ4v) is 1.87. The maximum Gasteiger partial charge on any atom is 0.340 e. The van der Waals surface area contributed by atoms with Crippen LogP contribution >= 0.6 is 11.8 Å². The van der Waals surface area contributed by atoms with Gasteiger partial charge in [-0.05, 0) is 25.1 Å². The molecule has 5 heteroatoms. The Bertz CT molecular complexity index is 368. The molecule has 0 saturated heterocycles. The van der Waals surface area contributed by atoms with Gasteiger partial charge >= 0.3 is 5.97 Å². The second kappa shape index (κ2) is 6.40. The maximum atomic E-state index is 11.5. The number of aliphatic hydroxyl groups excluding tert-OH is 1. The third-order valence-electron chi connectivity index (χ3n) is 1.88. The number of rotatable bonds is 5. The lowest BCUT2D eigenvalue weighted by atomic mass is 10.2. The van der Waals surface area contributed by atoms with E-state index >= 15 is 0 Å². The first kappa shape index (κ1) is 12.9. The topological polar surface area (TPSA) is 72.5 Å². The molecule has 0 amide bonds. The summed E-state index contributed by atoms with van der Waals surface area (Å²) in [5.41, 5.74) is 6.48. The van der Waals surface area contributed by atoms with Crippen molar-refractivity contribution in [3.05, 3.63) is 23.8 Å². The van der Waals surface area contributed by atoms with Gasteiger partial charge < -0.3 is 15.6 Å². The molecule has 1 aromatic rings. The Morgan fingerprint density at radius 2 is 2.31 bits per heavy atom. The number of anilines is 1. The highest BCUT2D eigenvalue weighted by Crippen LogP contribution is 2.23. The van der Waals surface area contributed by atoms with Crippen molar-refractivity contribution in [2.75, 3.05) is 24.7 Å². The fourth-order valence-electron chi connectivity index (χ4n) is 1.17. The van der Waals surface area contributed by atoms with Crippen molar-refractivity contribution in [1.82, 2.24) is 0 Å². The number of benzene rings is 1. The molecule has 4 nitrogen and oxygen atoms in total. The number of nitrogens with two attached hydrogens (primary N) is 1. The van der Waals surface area contributed by atoms with Crippen molar-refractivity contribution in [2.24, 2.45) is 0 Å². The van der Waals surface area contributed by atoms with E-state index in [-0.39, 0.29) is 6.61 Å². The second-order valence-electron chi connectivity index (χ2n) is 3.04. The summed E-state index contributed by atoms with van der Waals surface area (Å²) in [6.07, 6.45) is 0. The molecule has 1 aromatic carbocycles. The van der Waals surface area contributed by atoms with Crippen molar-refractivity contribution < 1.29 is 14.6 Å². The van der Waals surface area contributed by atoms with E-state index < -0.39 is 5.97 Å². The van der Waals surface area contributed by atoms with Crippen LogP contribution < -0.4 is 5.73 Å². The van der Waals surface area contributed by atoms with E-state index in [9.17, 15) is 4.79 Å². The largest absolute Gasteiger partial charge is 0.462 e. The maximum absolute atomic E-state index is 11.5. The Labute approximate surface area is 98.8 Å². The van der Waals surface area contributed by atoms with Crippen LogP contribution in [0.2, 0.25) is 0 Å². The van der Waals surface area contributed by atoms with Crippen LogP contribution in [0, 0.1) is 0 Å². The molecule has 0 unspecified atom stereocenters. The highest BCUT2D eigenvalue weighted by Gasteiger charge is 2.11. The van der Waals surface area contributed by atoms with Crippen LogP contribution in [0.3, 0.4) is 0 Å². The van der Waals surface area contributed by atoms with Crippen LogP contribution in [0.1, 0.15) is 17.3 Å². The van der Waals surface area contributed by atoms with E-state index in [4.69, 9.17) is 15.6 Å². The zero-order valence-corrected chi connectivity index (χ0v) is 9.92. The van der Waals surface area contributed by atoms with Gasteiger partial charge in [-0.1, -0.05) is 0 Å². The monoisotopic (exact) mass is 241 g/mol. The van der Waals surface area contributed by atoms with E-state index in [1.165, 1.54) is 11.8 Å². The Hall–Kier alpha value is -1.20. The first-order valence-corrected chi connectivity index (χ1v) is 5.98. The molecular formula is C11H15NO3S. The molecule has 3 N–H and O–H groups in total. The number of nitrogen functional groups attached to an aromatic ring is 1. The molecule has 0 aliphatic carbocycles. The number of hydrogen-bond acceptors (Lipinski definition) is 5. The van der Waals surface area contributed by atoms with Gasteiger partial charge in [-0.3, -0.25) is 0 Å². The van der Waals surface area contributed by atoms with E-state index in [0.717, 1.165) is 4.90 Å². The molecule has 0 atom stereocenters. The molecule has 0 bridgehead atoms. The van der Waals surface area contributed by atoms with Crippen LogP contribution in [0.25, 0.3) is 0 Å². The molecule has 16 heavy (non-hydrogen) atoms. The van der Waals surface area contributed by atoms with Gasteiger partial charge in [0.05, 0.1) is 18.8 Å². The van der Waals surface area contributed by atoms with Crippen molar-refractivity contribution in [3.8, 4) is 0 Å². The smallest absolute Gasteiger partial charge is 0.340 e. The zero-order chi connectivity index (χ0) is 12.0. The van der Waals surface area contributed by atoms with Crippen molar-refractivity contribution >= 4 is 23.4 Å². The minimum atomic E-state index is -0.411. The Kier molecular flexibility index (Phi) is 5.14. The first-order chi connectivity index (χ1) is 7.69. The summed E-state index contributed by atoms with van der Waals surface area (Å²) in [6.45, 7) is 2.18. The fraction of sp³-hybridized carbons (Fsp3) is 0.364.